The molecule has 0 spiro atoms. The summed E-state index contributed by atoms with van der Waals surface area (Å²) in [6.45, 7) is 4.23. The van der Waals surface area contributed by atoms with Gasteiger partial charge in [-0.1, -0.05) is 13.8 Å². The lowest BCUT2D eigenvalue weighted by Crippen LogP contribution is -2.47. The van der Waals surface area contributed by atoms with E-state index < -0.39 is 5.97 Å². The van der Waals surface area contributed by atoms with Gasteiger partial charge < -0.3 is 15.4 Å². The van der Waals surface area contributed by atoms with Crippen LogP contribution in [0, 0.1) is 23.2 Å². The number of ether oxygens (including phenoxy) is 1. The third-order valence-electron chi connectivity index (χ3n) is 6.23. The summed E-state index contributed by atoms with van der Waals surface area (Å²) in [5.41, 5.74) is 8.74. The number of carbonyl (C=O) groups is 2. The molecule has 0 radical (unpaired) electrons. The number of amides is 1. The van der Waals surface area contributed by atoms with Gasteiger partial charge in [0.15, 0.2) is 0 Å². The Bertz CT molecular complexity index is 1030. The van der Waals surface area contributed by atoms with Gasteiger partial charge >= 0.3 is 5.97 Å². The van der Waals surface area contributed by atoms with E-state index in [-0.39, 0.29) is 36.4 Å². The molecule has 7 nitrogen and oxygen atoms in total. The highest BCUT2D eigenvalue weighted by Gasteiger charge is 2.47. The van der Waals surface area contributed by atoms with Gasteiger partial charge in [0.25, 0.3) is 0 Å². The number of esters is 1. The molecule has 2 aromatic rings. The molecule has 4 rings (SSSR count). The van der Waals surface area contributed by atoms with Crippen LogP contribution in [0.4, 0.5) is 0 Å². The lowest BCUT2D eigenvalue weighted by molar-refractivity contribution is -0.160. The average molecular weight is 392 g/mol. The minimum atomic E-state index is -0.442. The first-order valence-electron chi connectivity index (χ1n) is 10.0. The maximum atomic E-state index is 13.1. The Morgan fingerprint density at radius 3 is 2.93 bits per heavy atom. The second-order valence-electron chi connectivity index (χ2n) is 7.86. The smallest absolute Gasteiger partial charge is 0.319 e. The molecule has 1 aromatic heterocycles. The zero-order chi connectivity index (χ0) is 20.7. The van der Waals surface area contributed by atoms with Gasteiger partial charge in [-0.25, -0.2) is 0 Å². The summed E-state index contributed by atoms with van der Waals surface area (Å²) in [7, 11) is 0. The number of fused-ring (bicyclic) bond motifs is 4. The van der Waals surface area contributed by atoms with Crippen LogP contribution >= 0.6 is 0 Å². The lowest BCUT2D eigenvalue weighted by Gasteiger charge is -2.41. The van der Waals surface area contributed by atoms with Crippen LogP contribution in [-0.4, -0.2) is 34.4 Å². The van der Waals surface area contributed by atoms with Crippen LogP contribution in [0.3, 0.4) is 0 Å². The van der Waals surface area contributed by atoms with E-state index in [2.05, 4.69) is 6.07 Å². The number of carbonyl (C=O) groups excluding carboxylic acids is 2. The van der Waals surface area contributed by atoms with Gasteiger partial charge in [0.1, 0.15) is 6.10 Å². The molecule has 7 heteroatoms. The number of nitriles is 1. The van der Waals surface area contributed by atoms with Crippen LogP contribution in [0.2, 0.25) is 0 Å². The van der Waals surface area contributed by atoms with Gasteiger partial charge in [0, 0.05) is 23.8 Å². The molecule has 3 heterocycles. The van der Waals surface area contributed by atoms with Gasteiger partial charge in [-0.05, 0) is 42.7 Å². The van der Waals surface area contributed by atoms with Crippen molar-refractivity contribution in [2.45, 2.75) is 45.4 Å². The van der Waals surface area contributed by atoms with E-state index in [1.54, 1.807) is 6.07 Å². The Balaban J connectivity index is 1.69. The van der Waals surface area contributed by atoms with Crippen molar-refractivity contribution in [3.05, 3.63) is 41.1 Å². The predicted molar refractivity (Wildman–Crippen MR) is 106 cm³/mol. The van der Waals surface area contributed by atoms with Gasteiger partial charge in [-0.2, -0.15) is 5.26 Å². The molecule has 29 heavy (non-hydrogen) atoms. The molecule has 2 aliphatic rings. The molecule has 150 valence electrons. The lowest BCUT2D eigenvalue weighted by atomic mass is 9.78. The molecule has 2 aliphatic heterocycles. The summed E-state index contributed by atoms with van der Waals surface area (Å²) in [5.74, 6) is -0.694. The molecule has 0 bridgehead atoms. The maximum absolute atomic E-state index is 13.1. The fourth-order valence-corrected chi connectivity index (χ4v) is 4.70. The summed E-state index contributed by atoms with van der Waals surface area (Å²) >= 11 is 0. The van der Waals surface area contributed by atoms with Gasteiger partial charge in [0.2, 0.25) is 5.91 Å². The summed E-state index contributed by atoms with van der Waals surface area (Å²) in [6, 6.07) is 9.50. The Labute approximate surface area is 169 Å². The van der Waals surface area contributed by atoms with E-state index in [0.717, 1.165) is 22.2 Å². The molecule has 1 amide bonds. The number of hydrogen-bond acceptors (Lipinski definition) is 6. The number of nitrogens with zero attached hydrogens (tertiary/aromatic N) is 3. The van der Waals surface area contributed by atoms with Crippen molar-refractivity contribution in [2.75, 3.05) is 6.54 Å². The Hall–Kier alpha value is -2.98. The van der Waals surface area contributed by atoms with E-state index >= 15 is 0 Å². The van der Waals surface area contributed by atoms with Crippen LogP contribution in [0.1, 0.15) is 49.6 Å². The molecule has 2 N–H and O–H groups in total. The van der Waals surface area contributed by atoms with E-state index in [0.29, 0.717) is 24.9 Å². The van der Waals surface area contributed by atoms with Crippen LogP contribution in [0.15, 0.2) is 24.3 Å². The molecular weight excluding hydrogens is 368 g/mol. The molecule has 0 aliphatic carbocycles. The van der Waals surface area contributed by atoms with E-state index in [1.165, 1.54) is 0 Å². The predicted octanol–water partition coefficient (Wildman–Crippen LogP) is 2.43. The number of aromatic nitrogens is 1. The van der Waals surface area contributed by atoms with Crippen molar-refractivity contribution in [1.29, 1.82) is 5.26 Å². The summed E-state index contributed by atoms with van der Waals surface area (Å²) in [5, 5.41) is 10.0. The number of hydrogen-bond donors (Lipinski definition) is 1. The highest BCUT2D eigenvalue weighted by Crippen LogP contribution is 2.46. The quantitative estimate of drug-likeness (QED) is 0.801. The maximum Gasteiger partial charge on any atom is 0.319 e. The zero-order valence-corrected chi connectivity index (χ0v) is 16.6. The van der Waals surface area contributed by atoms with E-state index in [1.807, 2.05) is 36.9 Å². The van der Waals surface area contributed by atoms with Crippen LogP contribution in [0.5, 0.6) is 0 Å². The van der Waals surface area contributed by atoms with Crippen molar-refractivity contribution < 1.29 is 14.3 Å². The van der Waals surface area contributed by atoms with Crippen LogP contribution < -0.4 is 5.73 Å². The van der Waals surface area contributed by atoms with E-state index in [9.17, 15) is 9.59 Å². The number of nitrogens with two attached hydrogens (primary N) is 1. The fourth-order valence-electron chi connectivity index (χ4n) is 4.70. The molecule has 4 unspecified atom stereocenters. The summed E-state index contributed by atoms with van der Waals surface area (Å²) < 4.78 is 5.55. The third kappa shape index (κ3) is 3.23. The van der Waals surface area contributed by atoms with Crippen molar-refractivity contribution in [3.8, 4) is 6.07 Å². The molecule has 1 fully saturated rings. The van der Waals surface area contributed by atoms with Crippen LogP contribution in [0.25, 0.3) is 10.9 Å². The molecule has 4 atom stereocenters. The topological polar surface area (TPSA) is 109 Å². The molecule has 1 saturated heterocycles. The third-order valence-corrected chi connectivity index (χ3v) is 6.23. The van der Waals surface area contributed by atoms with Crippen molar-refractivity contribution in [1.82, 2.24) is 9.88 Å². The first kappa shape index (κ1) is 19.3. The second kappa shape index (κ2) is 7.45. The molecule has 0 saturated carbocycles. The Morgan fingerprint density at radius 2 is 2.24 bits per heavy atom. The van der Waals surface area contributed by atoms with E-state index in [4.69, 9.17) is 20.7 Å². The van der Waals surface area contributed by atoms with Crippen molar-refractivity contribution in [2.24, 2.45) is 17.6 Å². The highest BCUT2D eigenvalue weighted by molar-refractivity contribution is 5.84. The monoisotopic (exact) mass is 392 g/mol. The summed E-state index contributed by atoms with van der Waals surface area (Å²) in [6.07, 6.45) is 0.996. The minimum absolute atomic E-state index is 0.0632. The number of pyridine rings is 1. The Morgan fingerprint density at radius 1 is 1.45 bits per heavy atom. The SMILES string of the molecule is CCC(OC(=O)CN)C1CC2c3nc4ccc(C#N)cc4cc3CN2C(=O)C1C. The van der Waals surface area contributed by atoms with Crippen molar-refractivity contribution >= 4 is 22.8 Å². The fraction of sp³-hybridized carbons (Fsp3) is 0.455. The Kier molecular flexibility index (Phi) is 4.97. The molecule has 1 aromatic carbocycles. The normalized spacial score (nSPS) is 24.0. The van der Waals surface area contributed by atoms with Gasteiger partial charge in [-0.3, -0.25) is 14.6 Å². The van der Waals surface area contributed by atoms with Gasteiger partial charge in [0.05, 0.1) is 35.4 Å². The summed E-state index contributed by atoms with van der Waals surface area (Å²) in [4.78, 5) is 31.6. The van der Waals surface area contributed by atoms with Gasteiger partial charge in [-0.15, -0.1) is 0 Å². The van der Waals surface area contributed by atoms with Crippen LogP contribution in [-0.2, 0) is 20.9 Å². The number of rotatable bonds is 4. The average Bonchev–Trinajstić information content (AvgIpc) is 3.09. The standard InChI is InChI=1S/C22H24N4O3/c1-3-19(29-20(27)10-24)16-8-18-21-15(11-26(18)22(28)12(16)2)7-14-6-13(9-23)4-5-17(14)25-21/h4-7,12,16,18-19H,3,8,10-11,24H2,1-2H3. The second-order valence-corrected chi connectivity index (χ2v) is 7.86. The first-order valence-corrected chi connectivity index (χ1v) is 10.0. The minimum Gasteiger partial charge on any atom is -0.461 e. The largest absolute Gasteiger partial charge is 0.461 e. The number of piperidine rings is 1. The number of benzene rings is 1. The highest BCUT2D eigenvalue weighted by atomic mass is 16.5. The molecular formula is C22H24N4O3. The van der Waals surface area contributed by atoms with Crippen molar-refractivity contribution in [3.63, 3.8) is 0 Å². The zero-order valence-electron chi connectivity index (χ0n) is 16.6. The first-order chi connectivity index (χ1) is 14.0.